The first-order valence-corrected chi connectivity index (χ1v) is 5.23. The summed E-state index contributed by atoms with van der Waals surface area (Å²) in [6.45, 7) is 0. The smallest absolute Gasteiger partial charge is 0.377 e. The zero-order valence-electron chi connectivity index (χ0n) is 10.0. The number of rotatable bonds is 3. The van der Waals surface area contributed by atoms with Crippen molar-refractivity contribution in [1.82, 2.24) is 14.8 Å². The van der Waals surface area contributed by atoms with E-state index in [1.807, 2.05) is 0 Å². The average Bonchev–Trinajstić information content (AvgIpc) is 2.86. The molecule has 0 aliphatic rings. The van der Waals surface area contributed by atoms with Gasteiger partial charge < -0.3 is 16.2 Å². The van der Waals surface area contributed by atoms with E-state index in [-0.39, 0.29) is 22.8 Å². The fraction of sp³-hybridized carbons (Fsp3) is 0.0909. The van der Waals surface area contributed by atoms with Crippen molar-refractivity contribution in [1.29, 1.82) is 0 Å². The second kappa shape index (κ2) is 4.77. The van der Waals surface area contributed by atoms with Crippen molar-refractivity contribution in [3.05, 3.63) is 35.9 Å². The summed E-state index contributed by atoms with van der Waals surface area (Å²) in [4.78, 5) is 26.4. The second-order valence-electron chi connectivity index (χ2n) is 3.61. The highest BCUT2D eigenvalue weighted by atomic mass is 16.5. The molecule has 0 aliphatic carbocycles. The number of hydrogen-bond donors (Lipinski definition) is 2. The van der Waals surface area contributed by atoms with Crippen LogP contribution in [-0.2, 0) is 4.74 Å². The van der Waals surface area contributed by atoms with Gasteiger partial charge in [-0.25, -0.2) is 14.5 Å². The molecule has 2 aromatic rings. The summed E-state index contributed by atoms with van der Waals surface area (Å²) in [7, 11) is 1.22. The molecule has 0 spiro atoms. The van der Waals surface area contributed by atoms with Gasteiger partial charge in [-0.05, 0) is 12.1 Å². The zero-order chi connectivity index (χ0) is 14.0. The molecule has 98 valence electrons. The van der Waals surface area contributed by atoms with Crippen LogP contribution in [0.1, 0.15) is 21.0 Å². The maximum Gasteiger partial charge on any atom is 0.377 e. The van der Waals surface area contributed by atoms with E-state index >= 15 is 0 Å². The summed E-state index contributed by atoms with van der Waals surface area (Å²) in [6.07, 6.45) is 1.25. The molecule has 0 saturated carbocycles. The van der Waals surface area contributed by atoms with Crippen LogP contribution >= 0.6 is 0 Å². The Bertz CT molecular complexity index is 650. The van der Waals surface area contributed by atoms with E-state index in [1.54, 1.807) is 12.1 Å². The Morgan fingerprint density at radius 2 is 2.11 bits per heavy atom. The highest BCUT2D eigenvalue weighted by molar-refractivity contribution is 5.98. The van der Waals surface area contributed by atoms with E-state index in [0.29, 0.717) is 0 Å². The van der Waals surface area contributed by atoms with Gasteiger partial charge in [-0.2, -0.15) is 0 Å². The first kappa shape index (κ1) is 12.6. The molecular weight excluding hydrogens is 250 g/mol. The molecule has 19 heavy (non-hydrogen) atoms. The third-order valence-corrected chi connectivity index (χ3v) is 2.42. The zero-order valence-corrected chi connectivity index (χ0v) is 10.0. The van der Waals surface area contributed by atoms with E-state index in [9.17, 15) is 9.59 Å². The van der Waals surface area contributed by atoms with Crippen LogP contribution in [0.3, 0.4) is 0 Å². The van der Waals surface area contributed by atoms with Gasteiger partial charge in [0.15, 0.2) is 0 Å². The molecule has 8 nitrogen and oxygen atoms in total. The lowest BCUT2D eigenvalue weighted by Crippen LogP contribution is -2.16. The first-order chi connectivity index (χ1) is 9.04. The molecule has 1 aromatic carbocycles. The molecule has 0 saturated heterocycles. The van der Waals surface area contributed by atoms with Crippen LogP contribution in [0.2, 0.25) is 0 Å². The lowest BCUT2D eigenvalue weighted by Gasteiger charge is -2.08. The Balaban J connectivity index is 2.56. The number of hydrogen-bond acceptors (Lipinski definition) is 6. The van der Waals surface area contributed by atoms with E-state index in [4.69, 9.17) is 11.5 Å². The van der Waals surface area contributed by atoms with Gasteiger partial charge in [-0.3, -0.25) is 4.79 Å². The predicted molar refractivity (Wildman–Crippen MR) is 65.6 cm³/mol. The summed E-state index contributed by atoms with van der Waals surface area (Å²) in [6, 6.07) is 4.69. The number of primary amides is 1. The summed E-state index contributed by atoms with van der Waals surface area (Å²) < 4.78 is 5.70. The van der Waals surface area contributed by atoms with Crippen LogP contribution in [-0.4, -0.2) is 33.8 Å². The summed E-state index contributed by atoms with van der Waals surface area (Å²) >= 11 is 0. The van der Waals surface area contributed by atoms with Gasteiger partial charge in [0.2, 0.25) is 0 Å². The van der Waals surface area contributed by atoms with Crippen molar-refractivity contribution in [3.8, 4) is 5.69 Å². The second-order valence-corrected chi connectivity index (χ2v) is 3.61. The van der Waals surface area contributed by atoms with Gasteiger partial charge >= 0.3 is 5.97 Å². The van der Waals surface area contributed by atoms with Crippen molar-refractivity contribution in [3.63, 3.8) is 0 Å². The highest BCUT2D eigenvalue weighted by Crippen LogP contribution is 2.20. The molecule has 1 amide bonds. The largest absolute Gasteiger partial charge is 0.463 e. The molecular formula is C11H11N5O3. The SMILES string of the molecule is COC(=O)c1ncn(-c2c(N)cccc2C(N)=O)n1. The highest BCUT2D eigenvalue weighted by Gasteiger charge is 2.17. The number of esters is 1. The Kier molecular flexibility index (Phi) is 3.15. The monoisotopic (exact) mass is 261 g/mol. The first-order valence-electron chi connectivity index (χ1n) is 5.23. The standard InChI is InChI=1S/C11H11N5O3/c1-19-11(18)10-14-5-16(15-10)8-6(9(13)17)3-2-4-7(8)12/h2-5H,12H2,1H3,(H2,13,17). The minimum Gasteiger partial charge on any atom is -0.463 e. The number of nitrogens with two attached hydrogens (primary N) is 2. The molecule has 1 heterocycles. The van der Waals surface area contributed by atoms with Crippen molar-refractivity contribution in [2.24, 2.45) is 5.73 Å². The third kappa shape index (κ3) is 2.23. The summed E-state index contributed by atoms with van der Waals surface area (Å²) in [5.41, 5.74) is 11.8. The number of amides is 1. The number of anilines is 1. The van der Waals surface area contributed by atoms with Crippen molar-refractivity contribution in [2.75, 3.05) is 12.8 Å². The molecule has 0 atom stereocenters. The van der Waals surface area contributed by atoms with Crippen LogP contribution in [0, 0.1) is 0 Å². The normalized spacial score (nSPS) is 10.2. The Hall–Kier alpha value is -2.90. The van der Waals surface area contributed by atoms with Crippen LogP contribution < -0.4 is 11.5 Å². The van der Waals surface area contributed by atoms with E-state index in [0.717, 1.165) is 0 Å². The number of nitrogen functional groups attached to an aromatic ring is 1. The Labute approximate surface area is 108 Å². The third-order valence-electron chi connectivity index (χ3n) is 2.42. The minimum absolute atomic E-state index is 0.138. The number of carbonyl (C=O) groups is 2. The predicted octanol–water partition coefficient (Wildman–Crippen LogP) is -0.265. The van der Waals surface area contributed by atoms with E-state index in [1.165, 1.54) is 24.2 Å². The fourth-order valence-electron chi connectivity index (χ4n) is 1.57. The van der Waals surface area contributed by atoms with E-state index < -0.39 is 11.9 Å². The van der Waals surface area contributed by atoms with Crippen LogP contribution in [0.5, 0.6) is 0 Å². The van der Waals surface area contributed by atoms with Gasteiger partial charge in [0.1, 0.15) is 12.0 Å². The lowest BCUT2D eigenvalue weighted by atomic mass is 10.1. The van der Waals surface area contributed by atoms with Crippen LogP contribution in [0.15, 0.2) is 24.5 Å². The Morgan fingerprint density at radius 3 is 2.74 bits per heavy atom. The fourth-order valence-corrected chi connectivity index (χ4v) is 1.57. The molecule has 4 N–H and O–H groups in total. The molecule has 8 heteroatoms. The number of methoxy groups -OCH3 is 1. The summed E-state index contributed by atoms with van der Waals surface area (Å²) in [5.74, 6) is -1.48. The topological polar surface area (TPSA) is 126 Å². The molecule has 0 bridgehead atoms. The van der Waals surface area contributed by atoms with Crippen LogP contribution in [0.25, 0.3) is 5.69 Å². The van der Waals surface area contributed by atoms with Crippen molar-refractivity contribution >= 4 is 17.6 Å². The van der Waals surface area contributed by atoms with Crippen LogP contribution in [0.4, 0.5) is 5.69 Å². The number of benzene rings is 1. The molecule has 0 radical (unpaired) electrons. The molecule has 0 aliphatic heterocycles. The Morgan fingerprint density at radius 1 is 1.37 bits per heavy atom. The quantitative estimate of drug-likeness (QED) is 0.578. The summed E-state index contributed by atoms with van der Waals surface area (Å²) in [5, 5.41) is 3.90. The van der Waals surface area contributed by atoms with Gasteiger partial charge in [0.05, 0.1) is 18.4 Å². The van der Waals surface area contributed by atoms with Gasteiger partial charge in [-0.15, -0.1) is 5.10 Å². The minimum atomic E-state index is -0.686. The maximum atomic E-state index is 11.4. The van der Waals surface area contributed by atoms with Gasteiger partial charge in [0, 0.05) is 0 Å². The molecule has 2 rings (SSSR count). The number of carbonyl (C=O) groups excluding carboxylic acids is 2. The maximum absolute atomic E-state index is 11.4. The lowest BCUT2D eigenvalue weighted by molar-refractivity contribution is 0.0587. The van der Waals surface area contributed by atoms with Crippen molar-refractivity contribution in [2.45, 2.75) is 0 Å². The van der Waals surface area contributed by atoms with E-state index in [2.05, 4.69) is 14.8 Å². The van der Waals surface area contributed by atoms with Crippen molar-refractivity contribution < 1.29 is 14.3 Å². The van der Waals surface area contributed by atoms with Gasteiger partial charge in [-0.1, -0.05) is 6.07 Å². The molecule has 1 aromatic heterocycles. The molecule has 0 fully saturated rings. The molecule has 0 unspecified atom stereocenters. The number of para-hydroxylation sites is 1. The average molecular weight is 261 g/mol. The van der Waals surface area contributed by atoms with Gasteiger partial charge in [0.25, 0.3) is 11.7 Å². The number of ether oxygens (including phenoxy) is 1. The number of nitrogens with zero attached hydrogens (tertiary/aromatic N) is 3. The number of aromatic nitrogens is 3.